The Hall–Kier alpha value is -1.16. The highest BCUT2D eigenvalue weighted by Crippen LogP contribution is 2.30. The Morgan fingerprint density at radius 2 is 2.07 bits per heavy atom. The van der Waals surface area contributed by atoms with Crippen molar-refractivity contribution in [1.82, 2.24) is 0 Å². The fourth-order valence-electron chi connectivity index (χ4n) is 1.45. The largest absolute Gasteiger partial charge is 0.507 e. The Bertz CT molecular complexity index is 305. The molecule has 0 aromatic heterocycles. The highest BCUT2D eigenvalue weighted by Gasteiger charge is 2.16. The number of aromatic hydroxyl groups is 1. The van der Waals surface area contributed by atoms with Gasteiger partial charge in [0.25, 0.3) is 0 Å². The summed E-state index contributed by atoms with van der Waals surface area (Å²) in [6, 6.07) is 1.67. The molecule has 4 heteroatoms. The minimum atomic E-state index is -0.774. The Kier molecular flexibility index (Phi) is 3.41. The van der Waals surface area contributed by atoms with Gasteiger partial charge in [0.05, 0.1) is 0 Å². The third-order valence-electron chi connectivity index (χ3n) is 2.16. The molecule has 1 rings (SSSR count). The average molecular weight is 201 g/mol. The molecule has 0 aliphatic heterocycles. The molecule has 0 aliphatic rings. The highest BCUT2D eigenvalue weighted by molar-refractivity contribution is 5.36. The number of nitrogens with two attached hydrogens (primary N) is 1. The predicted octanol–water partition coefficient (Wildman–Crippen LogP) is 2.12. The summed E-state index contributed by atoms with van der Waals surface area (Å²) in [7, 11) is 0. The average Bonchev–Trinajstić information content (AvgIpc) is 2.01. The number of rotatable bonds is 3. The molecule has 0 bridgehead atoms. The smallest absolute Gasteiger partial charge is 0.133 e. The van der Waals surface area contributed by atoms with Crippen molar-refractivity contribution in [3.8, 4) is 5.75 Å². The van der Waals surface area contributed by atoms with Gasteiger partial charge in [0.1, 0.15) is 17.4 Å². The molecule has 78 valence electrons. The lowest BCUT2D eigenvalue weighted by atomic mass is 9.96. The van der Waals surface area contributed by atoms with Crippen LogP contribution in [0.1, 0.15) is 24.8 Å². The summed E-state index contributed by atoms with van der Waals surface area (Å²) >= 11 is 0. The monoisotopic (exact) mass is 201 g/mol. The van der Waals surface area contributed by atoms with E-state index in [2.05, 4.69) is 0 Å². The van der Waals surface area contributed by atoms with Gasteiger partial charge in [0.2, 0.25) is 0 Å². The van der Waals surface area contributed by atoms with Gasteiger partial charge < -0.3 is 10.8 Å². The van der Waals surface area contributed by atoms with Gasteiger partial charge >= 0.3 is 0 Å². The minimum Gasteiger partial charge on any atom is -0.507 e. The first-order chi connectivity index (χ1) is 6.56. The zero-order chi connectivity index (χ0) is 10.7. The van der Waals surface area contributed by atoms with Gasteiger partial charge in [-0.15, -0.1) is 0 Å². The molecule has 1 unspecified atom stereocenters. The van der Waals surface area contributed by atoms with Gasteiger partial charge in [-0.25, -0.2) is 8.78 Å². The van der Waals surface area contributed by atoms with Crippen LogP contribution in [0, 0.1) is 11.6 Å². The molecule has 0 radical (unpaired) electrons. The molecule has 1 atom stereocenters. The van der Waals surface area contributed by atoms with Gasteiger partial charge in [-0.05, 0) is 18.9 Å². The van der Waals surface area contributed by atoms with E-state index in [9.17, 15) is 13.9 Å². The SMILES string of the molecule is CC(CCN)c1c(O)cc(F)cc1F. The van der Waals surface area contributed by atoms with Crippen molar-refractivity contribution in [3.63, 3.8) is 0 Å². The van der Waals surface area contributed by atoms with E-state index in [4.69, 9.17) is 5.73 Å². The molecule has 14 heavy (non-hydrogen) atoms. The molecule has 0 aliphatic carbocycles. The van der Waals surface area contributed by atoms with Crippen molar-refractivity contribution in [3.05, 3.63) is 29.3 Å². The van der Waals surface area contributed by atoms with Crippen LogP contribution in [0.15, 0.2) is 12.1 Å². The molecule has 0 spiro atoms. The number of halogens is 2. The molecule has 0 saturated carbocycles. The van der Waals surface area contributed by atoms with Crippen LogP contribution in [0.4, 0.5) is 8.78 Å². The molecular formula is C10H13F2NO. The molecule has 1 aromatic rings. The van der Waals surface area contributed by atoms with Crippen LogP contribution in [0.3, 0.4) is 0 Å². The number of phenols is 1. The van der Waals surface area contributed by atoms with E-state index in [0.717, 1.165) is 12.1 Å². The lowest BCUT2D eigenvalue weighted by Crippen LogP contribution is -2.06. The molecule has 3 N–H and O–H groups in total. The van der Waals surface area contributed by atoms with E-state index in [1.807, 2.05) is 0 Å². The lowest BCUT2D eigenvalue weighted by molar-refractivity contribution is 0.440. The van der Waals surface area contributed by atoms with E-state index in [-0.39, 0.29) is 17.2 Å². The van der Waals surface area contributed by atoms with E-state index in [1.165, 1.54) is 0 Å². The summed E-state index contributed by atoms with van der Waals surface area (Å²) in [5.74, 6) is -2.05. The number of benzene rings is 1. The third kappa shape index (κ3) is 2.20. The van der Waals surface area contributed by atoms with Crippen molar-refractivity contribution in [2.45, 2.75) is 19.3 Å². The van der Waals surface area contributed by atoms with Crippen LogP contribution in [0.25, 0.3) is 0 Å². The molecule has 2 nitrogen and oxygen atoms in total. The first-order valence-electron chi connectivity index (χ1n) is 4.44. The molecule has 1 aromatic carbocycles. The van der Waals surface area contributed by atoms with E-state index in [0.29, 0.717) is 13.0 Å². The summed E-state index contributed by atoms with van der Waals surface area (Å²) in [6.07, 6.45) is 0.552. The van der Waals surface area contributed by atoms with E-state index in [1.54, 1.807) is 6.92 Å². The fraction of sp³-hybridized carbons (Fsp3) is 0.400. The molecule has 0 saturated heterocycles. The standard InChI is InChI=1S/C10H13F2NO/c1-6(2-3-13)10-8(12)4-7(11)5-9(10)14/h4-6,14H,2-3,13H2,1H3. The number of phenolic OH excluding ortho intramolecular Hbond substituents is 1. The van der Waals surface area contributed by atoms with Crippen LogP contribution in [0.2, 0.25) is 0 Å². The normalized spacial score (nSPS) is 12.9. The quantitative estimate of drug-likeness (QED) is 0.786. The second kappa shape index (κ2) is 4.37. The molecule has 0 fully saturated rings. The number of hydrogen-bond donors (Lipinski definition) is 2. The van der Waals surface area contributed by atoms with Crippen LogP contribution in [0.5, 0.6) is 5.75 Å². The van der Waals surface area contributed by atoms with Crippen LogP contribution >= 0.6 is 0 Å². The highest BCUT2D eigenvalue weighted by atomic mass is 19.1. The van der Waals surface area contributed by atoms with Gasteiger partial charge in [0.15, 0.2) is 0 Å². The fourth-order valence-corrected chi connectivity index (χ4v) is 1.45. The first kappa shape index (κ1) is 10.9. The molecule has 0 heterocycles. The molecular weight excluding hydrogens is 188 g/mol. The van der Waals surface area contributed by atoms with E-state index < -0.39 is 11.6 Å². The zero-order valence-corrected chi connectivity index (χ0v) is 7.93. The zero-order valence-electron chi connectivity index (χ0n) is 7.93. The topological polar surface area (TPSA) is 46.2 Å². The Morgan fingerprint density at radius 3 is 2.57 bits per heavy atom. The second-order valence-corrected chi connectivity index (χ2v) is 3.30. The summed E-state index contributed by atoms with van der Waals surface area (Å²) in [4.78, 5) is 0. The first-order valence-corrected chi connectivity index (χ1v) is 4.44. The third-order valence-corrected chi connectivity index (χ3v) is 2.16. The Morgan fingerprint density at radius 1 is 1.43 bits per heavy atom. The lowest BCUT2D eigenvalue weighted by Gasteiger charge is -2.13. The van der Waals surface area contributed by atoms with Gasteiger partial charge in [-0.2, -0.15) is 0 Å². The van der Waals surface area contributed by atoms with Gasteiger partial charge in [-0.1, -0.05) is 6.92 Å². The van der Waals surface area contributed by atoms with Crippen LogP contribution < -0.4 is 5.73 Å². The summed E-state index contributed by atoms with van der Waals surface area (Å²) in [5.41, 5.74) is 5.45. The van der Waals surface area contributed by atoms with Crippen molar-refractivity contribution < 1.29 is 13.9 Å². The van der Waals surface area contributed by atoms with Gasteiger partial charge in [-0.3, -0.25) is 0 Å². The minimum absolute atomic E-state index is 0.136. The molecule has 0 amide bonds. The maximum atomic E-state index is 13.2. The van der Waals surface area contributed by atoms with E-state index >= 15 is 0 Å². The Balaban J connectivity index is 3.07. The van der Waals surface area contributed by atoms with Crippen LogP contribution in [-0.2, 0) is 0 Å². The number of hydrogen-bond acceptors (Lipinski definition) is 2. The van der Waals surface area contributed by atoms with Crippen LogP contribution in [-0.4, -0.2) is 11.7 Å². The van der Waals surface area contributed by atoms with Crippen molar-refractivity contribution in [2.24, 2.45) is 5.73 Å². The summed E-state index contributed by atoms with van der Waals surface area (Å²) in [5, 5.41) is 9.35. The predicted molar refractivity (Wildman–Crippen MR) is 50.1 cm³/mol. The van der Waals surface area contributed by atoms with Gasteiger partial charge in [0, 0.05) is 17.7 Å². The van der Waals surface area contributed by atoms with Crippen molar-refractivity contribution in [2.75, 3.05) is 6.54 Å². The second-order valence-electron chi connectivity index (χ2n) is 3.30. The Labute approximate surface area is 81.4 Å². The summed E-state index contributed by atoms with van der Waals surface area (Å²) in [6.45, 7) is 2.14. The van der Waals surface area contributed by atoms with Crippen molar-refractivity contribution in [1.29, 1.82) is 0 Å². The van der Waals surface area contributed by atoms with Crippen molar-refractivity contribution >= 4 is 0 Å². The maximum Gasteiger partial charge on any atom is 0.133 e. The maximum absolute atomic E-state index is 13.2. The summed E-state index contributed by atoms with van der Waals surface area (Å²) < 4.78 is 25.9.